The normalized spacial score (nSPS) is 21.2. The number of nitrogens with one attached hydrogen (secondary N) is 1. The molecule has 0 saturated heterocycles. The van der Waals surface area contributed by atoms with E-state index in [9.17, 15) is 14.4 Å². The van der Waals surface area contributed by atoms with Crippen LogP contribution in [0.1, 0.15) is 57.9 Å². The second kappa shape index (κ2) is 14.1. The maximum Gasteiger partial charge on any atom is 0.252 e. The molecule has 1 N–H and O–H groups in total. The van der Waals surface area contributed by atoms with Gasteiger partial charge in [-0.3, -0.25) is 14.4 Å². The molecular weight excluding hydrogens is 514 g/mol. The first-order valence-corrected chi connectivity index (χ1v) is 14.4. The van der Waals surface area contributed by atoms with Crippen LogP contribution >= 0.6 is 11.8 Å². The Morgan fingerprint density at radius 2 is 2.10 bits per heavy atom. The lowest BCUT2D eigenvalue weighted by Gasteiger charge is -2.22. The molecule has 1 aromatic heterocycles. The Kier molecular flexibility index (Phi) is 10.4. The fourth-order valence-electron chi connectivity index (χ4n) is 4.33. The number of pyridine rings is 1. The van der Waals surface area contributed by atoms with Crippen molar-refractivity contribution in [2.75, 3.05) is 26.4 Å². The van der Waals surface area contributed by atoms with Crippen molar-refractivity contribution >= 4 is 34.1 Å². The minimum absolute atomic E-state index is 0.0387. The number of rotatable bonds is 3. The SMILES string of the molecule is CCC(=O)CN1C=C=C2C(=O)CCCCCOCCOc3cc(ccn3)C3=CCC(C)C(=CS3)C(=O)NC2=C1. The molecule has 0 aromatic carbocycles. The molecule has 1 amide bonds. The number of hydrogen-bond acceptors (Lipinski definition) is 8. The summed E-state index contributed by atoms with van der Waals surface area (Å²) in [5, 5.41) is 4.84. The van der Waals surface area contributed by atoms with Crippen LogP contribution in [0.25, 0.3) is 4.91 Å². The number of fused-ring (bicyclic) bond motifs is 6. The van der Waals surface area contributed by atoms with Crippen LogP contribution < -0.4 is 10.1 Å². The van der Waals surface area contributed by atoms with Crippen molar-refractivity contribution in [3.05, 3.63) is 70.4 Å². The summed E-state index contributed by atoms with van der Waals surface area (Å²) in [6, 6.07) is 3.83. The summed E-state index contributed by atoms with van der Waals surface area (Å²) in [6.45, 7) is 5.42. The van der Waals surface area contributed by atoms with Gasteiger partial charge in [-0.25, -0.2) is 4.98 Å². The molecule has 1 unspecified atom stereocenters. The van der Waals surface area contributed by atoms with Crippen LogP contribution in [0.2, 0.25) is 0 Å². The van der Waals surface area contributed by atoms with E-state index in [4.69, 9.17) is 9.47 Å². The Bertz CT molecular complexity index is 1260. The number of carbonyl (C=O) groups is 3. The topological polar surface area (TPSA) is 97.8 Å². The Balaban J connectivity index is 1.61. The molecule has 3 aliphatic rings. The molecule has 8 nitrogen and oxygen atoms in total. The Morgan fingerprint density at radius 3 is 2.95 bits per heavy atom. The smallest absolute Gasteiger partial charge is 0.252 e. The number of allylic oxidation sites excluding steroid dienone is 2. The number of aromatic nitrogens is 1. The second-order valence-electron chi connectivity index (χ2n) is 9.68. The minimum Gasteiger partial charge on any atom is -0.475 e. The van der Waals surface area contributed by atoms with Crippen LogP contribution in [0.15, 0.2) is 64.8 Å². The third-order valence-electron chi connectivity index (χ3n) is 6.67. The van der Waals surface area contributed by atoms with Crippen molar-refractivity contribution in [1.29, 1.82) is 0 Å². The highest BCUT2D eigenvalue weighted by atomic mass is 32.2. The van der Waals surface area contributed by atoms with Crippen molar-refractivity contribution in [3.63, 3.8) is 0 Å². The first-order chi connectivity index (χ1) is 18.9. The molecule has 4 bridgehead atoms. The quantitative estimate of drug-likeness (QED) is 0.532. The van der Waals surface area contributed by atoms with Gasteiger partial charge in [0.25, 0.3) is 5.91 Å². The van der Waals surface area contributed by atoms with Gasteiger partial charge in [-0.2, -0.15) is 0 Å². The van der Waals surface area contributed by atoms with Crippen molar-refractivity contribution in [1.82, 2.24) is 15.2 Å². The lowest BCUT2D eigenvalue weighted by molar-refractivity contribution is -0.119. The number of amides is 1. The lowest BCUT2D eigenvalue weighted by Crippen LogP contribution is -2.32. The summed E-state index contributed by atoms with van der Waals surface area (Å²) in [5.74, 6) is 0.184. The van der Waals surface area contributed by atoms with Gasteiger partial charge in [-0.1, -0.05) is 43.8 Å². The monoisotopic (exact) mass is 549 g/mol. The second-order valence-corrected chi connectivity index (χ2v) is 10.6. The first-order valence-electron chi connectivity index (χ1n) is 13.5. The van der Waals surface area contributed by atoms with Gasteiger partial charge in [-0.05, 0) is 42.2 Å². The highest BCUT2D eigenvalue weighted by molar-refractivity contribution is 8.11. The van der Waals surface area contributed by atoms with Crippen LogP contribution in [0.5, 0.6) is 5.88 Å². The van der Waals surface area contributed by atoms with Gasteiger partial charge in [0.05, 0.1) is 24.4 Å². The predicted octanol–water partition coefficient (Wildman–Crippen LogP) is 4.91. The van der Waals surface area contributed by atoms with E-state index in [0.717, 1.165) is 23.3 Å². The third-order valence-corrected chi connectivity index (χ3v) is 7.70. The van der Waals surface area contributed by atoms with E-state index in [2.05, 4.69) is 22.1 Å². The molecule has 0 spiro atoms. The highest BCUT2D eigenvalue weighted by Gasteiger charge is 2.25. The molecule has 206 valence electrons. The summed E-state index contributed by atoms with van der Waals surface area (Å²) < 4.78 is 11.5. The lowest BCUT2D eigenvalue weighted by atomic mass is 9.97. The van der Waals surface area contributed by atoms with Gasteiger partial charge < -0.3 is 19.7 Å². The standard InChI is InChI=1S/C30H35N3O5S/c1-3-23(34)18-33-13-11-24-26(19-33)32-30(36)25-20-39-28(9-8-21(25)2)22-10-12-31-29(17-22)38-16-15-37-14-6-4-5-7-27(24)35/h9-10,12-13,17,19-21H,3-8,14-16,18H2,1-2H3,(H,32,36). The van der Waals surface area contributed by atoms with Gasteiger partial charge in [-0.15, -0.1) is 0 Å². The molecule has 39 heavy (non-hydrogen) atoms. The fourth-order valence-corrected chi connectivity index (χ4v) is 5.37. The summed E-state index contributed by atoms with van der Waals surface area (Å²) in [7, 11) is 0. The Hall–Kier alpha value is -3.39. The number of ether oxygens (including phenoxy) is 2. The summed E-state index contributed by atoms with van der Waals surface area (Å²) in [5.41, 5.74) is 5.33. The van der Waals surface area contributed by atoms with Crippen molar-refractivity contribution in [2.24, 2.45) is 5.92 Å². The Morgan fingerprint density at radius 1 is 1.23 bits per heavy atom. The van der Waals surface area contributed by atoms with E-state index >= 15 is 0 Å². The highest BCUT2D eigenvalue weighted by Crippen LogP contribution is 2.36. The zero-order chi connectivity index (χ0) is 27.6. The molecule has 9 heteroatoms. The first kappa shape index (κ1) is 28.6. The number of Topliss-reactive ketones (excluding diaryl/α,β-unsaturated/α-hetero) is 2. The van der Waals surface area contributed by atoms with Gasteiger partial charge in [0.2, 0.25) is 5.88 Å². The van der Waals surface area contributed by atoms with E-state index in [1.807, 2.05) is 31.4 Å². The zero-order valence-corrected chi connectivity index (χ0v) is 23.4. The molecule has 0 fully saturated rings. The molecule has 4 heterocycles. The van der Waals surface area contributed by atoms with Gasteiger partial charge in [0.15, 0.2) is 11.6 Å². The van der Waals surface area contributed by atoms with Crippen LogP contribution in [0.3, 0.4) is 0 Å². The maximum absolute atomic E-state index is 13.5. The molecule has 3 aliphatic heterocycles. The maximum atomic E-state index is 13.5. The Labute approximate surface area is 233 Å². The number of ketones is 2. The molecule has 0 aliphatic carbocycles. The van der Waals surface area contributed by atoms with E-state index in [1.165, 1.54) is 11.8 Å². The van der Waals surface area contributed by atoms with E-state index in [-0.39, 0.29) is 29.9 Å². The molecular formula is C30H35N3O5S. The van der Waals surface area contributed by atoms with Gasteiger partial charge in [0.1, 0.15) is 6.61 Å². The van der Waals surface area contributed by atoms with E-state index in [1.54, 1.807) is 23.5 Å². The molecule has 0 saturated carbocycles. The predicted molar refractivity (Wildman–Crippen MR) is 151 cm³/mol. The van der Waals surface area contributed by atoms with Crippen LogP contribution in [0.4, 0.5) is 0 Å². The van der Waals surface area contributed by atoms with E-state index in [0.29, 0.717) is 68.2 Å². The minimum atomic E-state index is -0.270. The van der Waals surface area contributed by atoms with Crippen molar-refractivity contribution < 1.29 is 23.9 Å². The van der Waals surface area contributed by atoms with Crippen LogP contribution in [-0.4, -0.2) is 53.7 Å². The van der Waals surface area contributed by atoms with Crippen LogP contribution in [0, 0.1) is 5.92 Å². The molecule has 1 atom stereocenters. The molecule has 4 rings (SSSR count). The number of hydrogen-bond donors (Lipinski definition) is 1. The largest absolute Gasteiger partial charge is 0.475 e. The molecule has 1 aromatic rings. The zero-order valence-electron chi connectivity index (χ0n) is 22.5. The van der Waals surface area contributed by atoms with Gasteiger partial charge in [0, 0.05) is 54.6 Å². The summed E-state index contributed by atoms with van der Waals surface area (Å²) in [6.07, 6.45) is 10.9. The average molecular weight is 550 g/mol. The fraction of sp³-hybridized carbons (Fsp3) is 0.433. The summed E-state index contributed by atoms with van der Waals surface area (Å²) in [4.78, 5) is 45.7. The average Bonchev–Trinajstić information content (AvgIpc) is 3.13. The van der Waals surface area contributed by atoms with E-state index < -0.39 is 0 Å². The third kappa shape index (κ3) is 8.05. The molecule has 0 radical (unpaired) electrons. The summed E-state index contributed by atoms with van der Waals surface area (Å²) >= 11 is 1.48. The van der Waals surface area contributed by atoms with Crippen LogP contribution in [-0.2, 0) is 19.1 Å². The van der Waals surface area contributed by atoms with Crippen molar-refractivity contribution in [2.45, 2.75) is 52.4 Å². The number of carbonyl (C=O) groups excluding carboxylic acids is 3. The van der Waals surface area contributed by atoms with Gasteiger partial charge >= 0.3 is 0 Å². The van der Waals surface area contributed by atoms with Crippen molar-refractivity contribution in [3.8, 4) is 5.88 Å². The number of nitrogens with zero attached hydrogens (tertiary/aromatic N) is 2. The number of thioether (sulfide) groups is 1.